The van der Waals surface area contributed by atoms with E-state index in [1.54, 1.807) is 18.3 Å². The van der Waals surface area contributed by atoms with E-state index in [0.717, 1.165) is 26.8 Å². The summed E-state index contributed by atoms with van der Waals surface area (Å²) in [4.78, 5) is 52.1. The number of nitrogens with zero attached hydrogens (tertiary/aromatic N) is 1. The van der Waals surface area contributed by atoms with Gasteiger partial charge in [-0.05, 0) is 53.3 Å². The summed E-state index contributed by atoms with van der Waals surface area (Å²) in [6.07, 6.45) is 1.28. The number of para-hydroxylation sites is 1. The Morgan fingerprint density at radius 3 is 2.71 bits per heavy atom. The molecule has 5 rings (SSSR count). The number of aliphatic carboxylic acids is 1. The summed E-state index contributed by atoms with van der Waals surface area (Å²) in [6.45, 7) is 1.57. The smallest absolute Gasteiger partial charge is 0.327 e. The number of hydrogen-bond acceptors (Lipinski definition) is 5. The highest BCUT2D eigenvalue weighted by molar-refractivity contribution is 7.17. The van der Waals surface area contributed by atoms with Gasteiger partial charge in [0.15, 0.2) is 0 Å². The Hall–Kier alpha value is -3.72. The maximum absolute atomic E-state index is 13.4. The van der Waals surface area contributed by atoms with Gasteiger partial charge < -0.3 is 15.7 Å². The Kier molecular flexibility index (Phi) is 6.02. The Labute approximate surface area is 205 Å². The van der Waals surface area contributed by atoms with Crippen LogP contribution in [0.1, 0.15) is 30.0 Å². The molecular weight excluding hydrogens is 466 g/mol. The summed E-state index contributed by atoms with van der Waals surface area (Å²) < 4.78 is 1.10. The zero-order chi connectivity index (χ0) is 24.7. The highest BCUT2D eigenvalue weighted by atomic mass is 32.1. The summed E-state index contributed by atoms with van der Waals surface area (Å²) in [6, 6.07) is 10.7. The lowest BCUT2D eigenvalue weighted by Gasteiger charge is -2.27. The maximum Gasteiger partial charge on any atom is 0.327 e. The molecule has 2 aliphatic rings. The van der Waals surface area contributed by atoms with Crippen molar-refractivity contribution >= 4 is 50.8 Å². The Bertz CT molecular complexity index is 1350. The molecule has 9 heteroatoms. The molecule has 1 aromatic heterocycles. The van der Waals surface area contributed by atoms with Crippen molar-refractivity contribution in [2.45, 2.75) is 50.7 Å². The number of amides is 3. The summed E-state index contributed by atoms with van der Waals surface area (Å²) in [5.74, 6) is -2.28. The fourth-order valence-electron chi connectivity index (χ4n) is 4.96. The zero-order valence-electron chi connectivity index (χ0n) is 19.1. The van der Waals surface area contributed by atoms with Gasteiger partial charge in [-0.1, -0.05) is 36.4 Å². The number of rotatable bonds is 6. The predicted molar refractivity (Wildman–Crippen MR) is 132 cm³/mol. The van der Waals surface area contributed by atoms with E-state index in [1.807, 2.05) is 47.8 Å². The SMILES string of the molecule is C[C@H](NC(=O)Cc1csc2ccccc12)C(=O)N[C@H]1CCc2cccc3c2N(C1=O)[C@H](C(=O)O)C3. The van der Waals surface area contributed by atoms with Crippen molar-refractivity contribution in [2.75, 3.05) is 4.90 Å². The van der Waals surface area contributed by atoms with E-state index >= 15 is 0 Å². The molecule has 2 aromatic carbocycles. The van der Waals surface area contributed by atoms with Crippen LogP contribution < -0.4 is 15.5 Å². The standard InChI is InChI=1S/C26H25N3O5S/c1-14(27-22(30)12-17-13-35-21-8-3-2-7-18(17)21)24(31)28-19-10-9-15-5-4-6-16-11-20(26(33)34)29(23(15)16)25(19)32/h2-8,13-14,19-20H,9-12H2,1H3,(H,27,30)(H,28,31)(H,33,34)/t14-,19-,20-/m0/s1. The number of carboxylic acid groups (broad SMARTS) is 1. The largest absolute Gasteiger partial charge is 0.480 e. The summed E-state index contributed by atoms with van der Waals surface area (Å²) in [5, 5.41) is 18.1. The average Bonchev–Trinajstić information content (AvgIpc) is 3.39. The van der Waals surface area contributed by atoms with Crippen LogP contribution in [0, 0.1) is 0 Å². The quantitative estimate of drug-likeness (QED) is 0.490. The molecule has 180 valence electrons. The molecule has 8 nitrogen and oxygen atoms in total. The molecule has 0 saturated heterocycles. The molecule has 3 amide bonds. The van der Waals surface area contributed by atoms with E-state index in [2.05, 4.69) is 10.6 Å². The van der Waals surface area contributed by atoms with Gasteiger partial charge >= 0.3 is 5.97 Å². The van der Waals surface area contributed by atoms with Gasteiger partial charge in [-0.2, -0.15) is 0 Å². The average molecular weight is 492 g/mol. The number of aryl methyl sites for hydroxylation is 1. The third-order valence-electron chi connectivity index (χ3n) is 6.69. The van der Waals surface area contributed by atoms with Crippen molar-refractivity contribution in [3.05, 3.63) is 64.5 Å². The number of nitrogens with one attached hydrogen (secondary N) is 2. The molecule has 3 heterocycles. The minimum absolute atomic E-state index is 0.149. The molecule has 0 fully saturated rings. The first-order chi connectivity index (χ1) is 16.8. The van der Waals surface area contributed by atoms with Crippen molar-refractivity contribution in [2.24, 2.45) is 0 Å². The molecular formula is C26H25N3O5S. The van der Waals surface area contributed by atoms with Crippen LogP contribution in [0.5, 0.6) is 0 Å². The predicted octanol–water partition coefficient (Wildman–Crippen LogP) is 2.42. The van der Waals surface area contributed by atoms with Gasteiger partial charge in [-0.25, -0.2) is 4.79 Å². The van der Waals surface area contributed by atoms with Crippen molar-refractivity contribution in [1.82, 2.24) is 10.6 Å². The summed E-state index contributed by atoms with van der Waals surface area (Å²) in [7, 11) is 0. The van der Waals surface area contributed by atoms with E-state index in [-0.39, 0.29) is 18.7 Å². The monoisotopic (exact) mass is 491 g/mol. The van der Waals surface area contributed by atoms with E-state index in [1.165, 1.54) is 4.90 Å². The molecule has 0 radical (unpaired) electrons. The maximum atomic E-state index is 13.4. The molecule has 0 saturated carbocycles. The van der Waals surface area contributed by atoms with E-state index in [4.69, 9.17) is 0 Å². The lowest BCUT2D eigenvalue weighted by molar-refractivity contribution is -0.140. The van der Waals surface area contributed by atoms with Gasteiger partial charge in [-0.3, -0.25) is 19.3 Å². The number of carbonyl (C=O) groups excluding carboxylic acids is 3. The van der Waals surface area contributed by atoms with Gasteiger partial charge in [0.05, 0.1) is 12.1 Å². The normalized spacial score (nSPS) is 19.7. The Morgan fingerprint density at radius 2 is 1.91 bits per heavy atom. The van der Waals surface area contributed by atoms with Crippen LogP contribution in [0.25, 0.3) is 10.1 Å². The molecule has 2 aliphatic heterocycles. The lowest BCUT2D eigenvalue weighted by atomic mass is 10.0. The van der Waals surface area contributed by atoms with Gasteiger partial charge in [0.2, 0.25) is 17.7 Å². The Morgan fingerprint density at radius 1 is 1.14 bits per heavy atom. The number of carboxylic acids is 1. The van der Waals surface area contributed by atoms with Crippen molar-refractivity contribution in [1.29, 1.82) is 0 Å². The van der Waals surface area contributed by atoms with Gasteiger partial charge in [0.25, 0.3) is 0 Å². The molecule has 0 spiro atoms. The molecule has 0 bridgehead atoms. The van der Waals surface area contributed by atoms with Gasteiger partial charge in [0.1, 0.15) is 18.1 Å². The number of carbonyl (C=O) groups is 4. The molecule has 3 atom stereocenters. The number of hydrogen-bond donors (Lipinski definition) is 3. The molecule has 3 N–H and O–H groups in total. The zero-order valence-corrected chi connectivity index (χ0v) is 19.9. The summed E-state index contributed by atoms with van der Waals surface area (Å²) >= 11 is 1.57. The minimum Gasteiger partial charge on any atom is -0.480 e. The van der Waals surface area contributed by atoms with Crippen LogP contribution in [0.3, 0.4) is 0 Å². The number of fused-ring (bicyclic) bond motifs is 1. The highest BCUT2D eigenvalue weighted by Crippen LogP contribution is 2.39. The lowest BCUT2D eigenvalue weighted by Crippen LogP contribution is -2.55. The van der Waals surface area contributed by atoms with Crippen LogP contribution in [0.2, 0.25) is 0 Å². The van der Waals surface area contributed by atoms with E-state index in [9.17, 15) is 24.3 Å². The second-order valence-corrected chi connectivity index (χ2v) is 9.93. The van der Waals surface area contributed by atoms with Crippen LogP contribution in [-0.4, -0.2) is 46.9 Å². The number of thiophene rings is 1. The number of benzene rings is 2. The first-order valence-electron chi connectivity index (χ1n) is 11.5. The van der Waals surface area contributed by atoms with Gasteiger partial charge in [0, 0.05) is 11.1 Å². The van der Waals surface area contributed by atoms with Crippen LogP contribution in [-0.2, 0) is 38.4 Å². The molecule has 0 aliphatic carbocycles. The third-order valence-corrected chi connectivity index (χ3v) is 7.70. The summed E-state index contributed by atoms with van der Waals surface area (Å²) in [5.41, 5.74) is 3.29. The minimum atomic E-state index is -1.07. The van der Waals surface area contributed by atoms with E-state index in [0.29, 0.717) is 18.5 Å². The van der Waals surface area contributed by atoms with Crippen LogP contribution in [0.15, 0.2) is 47.8 Å². The van der Waals surface area contributed by atoms with Gasteiger partial charge in [-0.15, -0.1) is 11.3 Å². The molecule has 35 heavy (non-hydrogen) atoms. The first-order valence-corrected chi connectivity index (χ1v) is 12.4. The fraction of sp³-hybridized carbons (Fsp3) is 0.308. The fourth-order valence-corrected chi connectivity index (χ4v) is 5.92. The second-order valence-electron chi connectivity index (χ2n) is 9.01. The Balaban J connectivity index is 1.26. The van der Waals surface area contributed by atoms with E-state index < -0.39 is 35.9 Å². The molecule has 0 unspecified atom stereocenters. The highest BCUT2D eigenvalue weighted by Gasteiger charge is 2.44. The van der Waals surface area contributed by atoms with Crippen molar-refractivity contribution in [3.8, 4) is 0 Å². The topological polar surface area (TPSA) is 116 Å². The van der Waals surface area contributed by atoms with Crippen molar-refractivity contribution < 1.29 is 24.3 Å². The van der Waals surface area contributed by atoms with Crippen LogP contribution in [0.4, 0.5) is 5.69 Å². The van der Waals surface area contributed by atoms with Crippen LogP contribution >= 0.6 is 11.3 Å². The second kappa shape index (κ2) is 9.14. The number of anilines is 1. The van der Waals surface area contributed by atoms with Crippen molar-refractivity contribution in [3.63, 3.8) is 0 Å². The third kappa shape index (κ3) is 4.27. The molecule has 3 aromatic rings. The first kappa shape index (κ1) is 23.0.